The molecule has 0 saturated carbocycles. The minimum atomic E-state index is -0.740. The van der Waals surface area contributed by atoms with Gasteiger partial charge in [-0.1, -0.05) is 62.8 Å². The monoisotopic (exact) mass is 312 g/mol. The molecule has 2 rings (SSSR count). The second-order valence-electron chi connectivity index (χ2n) is 7.45. The first-order chi connectivity index (χ1) is 10.8. The minimum absolute atomic E-state index is 0.244. The van der Waals surface area contributed by atoms with Crippen LogP contribution in [0, 0.1) is 11.3 Å². The number of aliphatic carboxylic acids is 1. The quantitative estimate of drug-likeness (QED) is 0.780. The molecule has 0 saturated heterocycles. The molecule has 23 heavy (non-hydrogen) atoms. The molecule has 124 valence electrons. The Kier molecular flexibility index (Phi) is 5.46. The van der Waals surface area contributed by atoms with Crippen molar-refractivity contribution in [3.05, 3.63) is 52.6 Å². The summed E-state index contributed by atoms with van der Waals surface area (Å²) in [6, 6.07) is 8.20. The van der Waals surface area contributed by atoms with Crippen molar-refractivity contribution in [1.29, 1.82) is 0 Å². The zero-order valence-electron chi connectivity index (χ0n) is 14.7. The van der Waals surface area contributed by atoms with Crippen LogP contribution >= 0.6 is 0 Å². The van der Waals surface area contributed by atoms with Gasteiger partial charge in [0.05, 0.1) is 5.92 Å². The fraction of sp³-hybridized carbons (Fsp3) is 0.476. The summed E-state index contributed by atoms with van der Waals surface area (Å²) in [4.78, 5) is 11.0. The number of rotatable bonds is 5. The normalized spacial score (nSPS) is 19.1. The SMILES string of the molecule is CC1=C(C=Cc2cccc(CC(C)C(=O)O)c2)C(C)(C)CCC1. The van der Waals surface area contributed by atoms with Gasteiger partial charge >= 0.3 is 5.97 Å². The van der Waals surface area contributed by atoms with E-state index in [4.69, 9.17) is 5.11 Å². The van der Waals surface area contributed by atoms with E-state index in [1.807, 2.05) is 12.1 Å². The lowest BCUT2D eigenvalue weighted by atomic mass is 9.72. The molecule has 0 amide bonds. The number of carboxylic acids is 1. The van der Waals surface area contributed by atoms with Gasteiger partial charge in [-0.15, -0.1) is 0 Å². The Morgan fingerprint density at radius 3 is 2.74 bits per heavy atom. The van der Waals surface area contributed by atoms with Crippen molar-refractivity contribution in [2.45, 2.75) is 53.4 Å². The van der Waals surface area contributed by atoms with Gasteiger partial charge in [-0.3, -0.25) is 4.79 Å². The molecule has 2 heteroatoms. The smallest absolute Gasteiger partial charge is 0.306 e. The second kappa shape index (κ2) is 7.16. The van der Waals surface area contributed by atoms with E-state index in [2.05, 4.69) is 45.1 Å². The number of hydrogen-bond acceptors (Lipinski definition) is 1. The summed E-state index contributed by atoms with van der Waals surface area (Å²) in [7, 11) is 0. The highest BCUT2D eigenvalue weighted by atomic mass is 16.4. The van der Waals surface area contributed by atoms with Gasteiger partial charge in [0.25, 0.3) is 0 Å². The third-order valence-electron chi connectivity index (χ3n) is 4.90. The third kappa shape index (κ3) is 4.57. The van der Waals surface area contributed by atoms with Gasteiger partial charge in [-0.05, 0) is 54.7 Å². The molecule has 1 N–H and O–H groups in total. The van der Waals surface area contributed by atoms with Gasteiger partial charge in [-0.2, -0.15) is 0 Å². The third-order valence-corrected chi connectivity index (χ3v) is 4.90. The van der Waals surface area contributed by atoms with E-state index in [-0.39, 0.29) is 11.3 Å². The Bertz CT molecular complexity index is 635. The summed E-state index contributed by atoms with van der Waals surface area (Å²) < 4.78 is 0. The lowest BCUT2D eigenvalue weighted by Gasteiger charge is -2.32. The highest BCUT2D eigenvalue weighted by molar-refractivity contribution is 5.70. The number of allylic oxidation sites excluding steroid dienone is 3. The van der Waals surface area contributed by atoms with Crippen molar-refractivity contribution in [3.8, 4) is 0 Å². The van der Waals surface area contributed by atoms with Crippen molar-refractivity contribution in [1.82, 2.24) is 0 Å². The number of carboxylic acid groups (broad SMARTS) is 1. The van der Waals surface area contributed by atoms with Crippen LogP contribution < -0.4 is 0 Å². The molecule has 1 aromatic rings. The van der Waals surface area contributed by atoms with Crippen LogP contribution in [0.15, 0.2) is 41.5 Å². The van der Waals surface area contributed by atoms with Crippen molar-refractivity contribution in [2.75, 3.05) is 0 Å². The van der Waals surface area contributed by atoms with Crippen LogP contribution in [-0.4, -0.2) is 11.1 Å². The second-order valence-corrected chi connectivity index (χ2v) is 7.45. The number of hydrogen-bond donors (Lipinski definition) is 1. The molecule has 2 nitrogen and oxygen atoms in total. The maximum atomic E-state index is 11.0. The van der Waals surface area contributed by atoms with Crippen LogP contribution in [0.25, 0.3) is 6.08 Å². The van der Waals surface area contributed by atoms with Crippen LogP contribution in [0.1, 0.15) is 58.1 Å². The van der Waals surface area contributed by atoms with E-state index in [9.17, 15) is 4.79 Å². The van der Waals surface area contributed by atoms with Crippen LogP contribution in [0.5, 0.6) is 0 Å². The predicted octanol–water partition coefficient (Wildman–Crippen LogP) is 5.49. The zero-order chi connectivity index (χ0) is 17.0. The number of carbonyl (C=O) groups is 1. The largest absolute Gasteiger partial charge is 0.481 e. The molecule has 0 fully saturated rings. The van der Waals surface area contributed by atoms with Gasteiger partial charge < -0.3 is 5.11 Å². The van der Waals surface area contributed by atoms with Crippen molar-refractivity contribution in [2.24, 2.45) is 11.3 Å². The Labute approximate surface area is 139 Å². The lowest BCUT2D eigenvalue weighted by Crippen LogP contribution is -2.18. The number of benzene rings is 1. The lowest BCUT2D eigenvalue weighted by molar-refractivity contribution is -0.141. The summed E-state index contributed by atoms with van der Waals surface area (Å²) in [6.45, 7) is 8.63. The molecular weight excluding hydrogens is 284 g/mol. The van der Waals surface area contributed by atoms with Crippen molar-refractivity contribution < 1.29 is 9.90 Å². The molecule has 1 aliphatic carbocycles. The first-order valence-electron chi connectivity index (χ1n) is 8.49. The van der Waals surface area contributed by atoms with Crippen LogP contribution in [0.2, 0.25) is 0 Å². The van der Waals surface area contributed by atoms with E-state index in [1.165, 1.54) is 30.4 Å². The molecule has 1 aromatic carbocycles. The Morgan fingerprint density at radius 1 is 1.35 bits per heavy atom. The molecule has 0 spiro atoms. The average Bonchev–Trinajstić information content (AvgIpc) is 2.46. The first-order valence-corrected chi connectivity index (χ1v) is 8.49. The van der Waals surface area contributed by atoms with Gasteiger partial charge in [0.2, 0.25) is 0 Å². The van der Waals surface area contributed by atoms with E-state index in [0.29, 0.717) is 6.42 Å². The molecule has 0 bridgehead atoms. The first kappa shape index (κ1) is 17.5. The van der Waals surface area contributed by atoms with Gasteiger partial charge in [0, 0.05) is 0 Å². The maximum absolute atomic E-state index is 11.0. The molecule has 1 aliphatic rings. The molecule has 0 heterocycles. The van der Waals surface area contributed by atoms with Crippen molar-refractivity contribution >= 4 is 12.0 Å². The van der Waals surface area contributed by atoms with Crippen molar-refractivity contribution in [3.63, 3.8) is 0 Å². The summed E-state index contributed by atoms with van der Waals surface area (Å²) in [5.74, 6) is -1.09. The zero-order valence-corrected chi connectivity index (χ0v) is 14.7. The highest BCUT2D eigenvalue weighted by Crippen LogP contribution is 2.40. The maximum Gasteiger partial charge on any atom is 0.306 e. The van der Waals surface area contributed by atoms with E-state index < -0.39 is 5.97 Å². The summed E-state index contributed by atoms with van der Waals surface area (Å²) in [5, 5.41) is 9.05. The molecular formula is C21H28O2. The Hall–Kier alpha value is -1.83. The Morgan fingerprint density at radius 2 is 2.09 bits per heavy atom. The van der Waals surface area contributed by atoms with E-state index in [0.717, 1.165) is 11.1 Å². The summed E-state index contributed by atoms with van der Waals surface area (Å²) >= 11 is 0. The Balaban J connectivity index is 2.18. The van der Waals surface area contributed by atoms with E-state index >= 15 is 0 Å². The van der Waals surface area contributed by atoms with Gasteiger partial charge in [0.1, 0.15) is 0 Å². The molecule has 0 aliphatic heterocycles. The highest BCUT2D eigenvalue weighted by Gasteiger charge is 2.26. The van der Waals surface area contributed by atoms with Gasteiger partial charge in [0.15, 0.2) is 0 Å². The van der Waals surface area contributed by atoms with Crippen LogP contribution in [0.4, 0.5) is 0 Å². The summed E-state index contributed by atoms with van der Waals surface area (Å²) in [6.07, 6.45) is 8.71. The molecule has 0 aromatic heterocycles. The fourth-order valence-electron chi connectivity index (χ4n) is 3.45. The molecule has 1 atom stereocenters. The predicted molar refractivity (Wildman–Crippen MR) is 96.3 cm³/mol. The molecule has 1 unspecified atom stereocenters. The fourth-order valence-corrected chi connectivity index (χ4v) is 3.45. The van der Waals surface area contributed by atoms with Crippen LogP contribution in [0.3, 0.4) is 0 Å². The average molecular weight is 312 g/mol. The summed E-state index contributed by atoms with van der Waals surface area (Å²) in [5.41, 5.74) is 5.41. The van der Waals surface area contributed by atoms with E-state index in [1.54, 1.807) is 6.92 Å². The van der Waals surface area contributed by atoms with Gasteiger partial charge in [-0.25, -0.2) is 0 Å². The van der Waals surface area contributed by atoms with Crippen LogP contribution in [-0.2, 0) is 11.2 Å². The molecule has 0 radical (unpaired) electrons. The standard InChI is InChI=1S/C21H28O2/c1-15-7-6-12-21(3,4)19(15)11-10-17-8-5-9-18(14-17)13-16(2)20(22)23/h5,8-11,14,16H,6-7,12-13H2,1-4H3,(H,22,23). The topological polar surface area (TPSA) is 37.3 Å². The minimum Gasteiger partial charge on any atom is -0.481 e.